The Kier molecular flexibility index (Phi) is 4.02. The lowest BCUT2D eigenvalue weighted by Crippen LogP contribution is -2.25. The number of carboxylic acid groups (broad SMARTS) is 1. The van der Waals surface area contributed by atoms with Gasteiger partial charge in [0, 0.05) is 5.41 Å². The zero-order valence-corrected chi connectivity index (χ0v) is 11.0. The summed E-state index contributed by atoms with van der Waals surface area (Å²) in [6, 6.07) is 0.566. The molecule has 0 aromatic carbocycles. The van der Waals surface area contributed by atoms with E-state index in [2.05, 4.69) is 15.0 Å². The van der Waals surface area contributed by atoms with Crippen LogP contribution in [0.15, 0.2) is 11.1 Å². The van der Waals surface area contributed by atoms with Gasteiger partial charge in [0.2, 0.25) is 0 Å². The van der Waals surface area contributed by atoms with Gasteiger partial charge in [0.05, 0.1) is 0 Å². The highest BCUT2D eigenvalue weighted by Crippen LogP contribution is 2.29. The zero-order chi connectivity index (χ0) is 15.7. The highest BCUT2D eigenvalue weighted by molar-refractivity contribution is 6.01. The van der Waals surface area contributed by atoms with Crippen molar-refractivity contribution >= 4 is 11.9 Å². The van der Waals surface area contributed by atoms with Gasteiger partial charge >= 0.3 is 12.3 Å². The molecule has 0 aliphatic heterocycles. The van der Waals surface area contributed by atoms with Crippen LogP contribution >= 0.6 is 0 Å². The maximum atomic E-state index is 12.8. The number of nitrogens with zero attached hydrogens (tertiary/aromatic N) is 3. The van der Waals surface area contributed by atoms with Crippen LogP contribution < -0.4 is 5.73 Å². The second-order valence-electron chi connectivity index (χ2n) is 4.99. The average Bonchev–Trinajstić information content (AvgIpc) is 2.25. The van der Waals surface area contributed by atoms with Crippen molar-refractivity contribution in [1.82, 2.24) is 9.97 Å². The molecular formula is C11H13F3N4O2. The van der Waals surface area contributed by atoms with Crippen LogP contribution in [-0.2, 0) is 11.6 Å². The molecule has 0 spiro atoms. The lowest BCUT2D eigenvalue weighted by molar-refractivity contribution is -0.141. The second-order valence-corrected chi connectivity index (χ2v) is 4.99. The number of rotatable bonds is 1. The Bertz CT molecular complexity index is 530. The van der Waals surface area contributed by atoms with E-state index < -0.39 is 29.2 Å². The number of amides is 1. The van der Waals surface area contributed by atoms with Crippen LogP contribution in [0.4, 0.5) is 18.0 Å². The Hall–Kier alpha value is -2.19. The number of aromatic nitrogens is 2. The average molecular weight is 290 g/mol. The van der Waals surface area contributed by atoms with E-state index >= 15 is 0 Å². The molecule has 1 aromatic heterocycles. The Morgan fingerprint density at radius 3 is 2.25 bits per heavy atom. The summed E-state index contributed by atoms with van der Waals surface area (Å²) in [5.74, 6) is -0.721. The molecule has 3 N–H and O–H groups in total. The van der Waals surface area contributed by atoms with E-state index in [0.717, 1.165) is 0 Å². The highest BCUT2D eigenvalue weighted by Gasteiger charge is 2.35. The molecule has 0 unspecified atom stereocenters. The van der Waals surface area contributed by atoms with Gasteiger partial charge in [-0.1, -0.05) is 20.8 Å². The van der Waals surface area contributed by atoms with Crippen molar-refractivity contribution in [3.63, 3.8) is 0 Å². The Labute approximate surface area is 112 Å². The Morgan fingerprint density at radius 2 is 1.85 bits per heavy atom. The number of aliphatic imine (C=N–C) groups is 1. The van der Waals surface area contributed by atoms with Crippen molar-refractivity contribution in [3.05, 3.63) is 23.3 Å². The number of hydrogen-bond acceptors (Lipinski definition) is 3. The van der Waals surface area contributed by atoms with E-state index in [-0.39, 0.29) is 11.5 Å². The predicted molar refractivity (Wildman–Crippen MR) is 64.5 cm³/mol. The first-order valence-electron chi connectivity index (χ1n) is 5.45. The molecule has 0 atom stereocenters. The van der Waals surface area contributed by atoms with Gasteiger partial charge in [-0.15, -0.1) is 0 Å². The van der Waals surface area contributed by atoms with Crippen LogP contribution in [-0.4, -0.2) is 27.0 Å². The fourth-order valence-electron chi connectivity index (χ4n) is 1.22. The fourth-order valence-corrected chi connectivity index (χ4v) is 1.22. The van der Waals surface area contributed by atoms with Crippen molar-refractivity contribution < 1.29 is 23.1 Å². The lowest BCUT2D eigenvalue weighted by atomic mass is 9.95. The summed E-state index contributed by atoms with van der Waals surface area (Å²) in [5, 5.41) is 8.47. The molecule has 9 heteroatoms. The maximum absolute atomic E-state index is 12.8. The van der Waals surface area contributed by atoms with Crippen molar-refractivity contribution in [2.24, 2.45) is 10.7 Å². The monoisotopic (exact) mass is 290 g/mol. The van der Waals surface area contributed by atoms with E-state index in [1.807, 2.05) is 0 Å². The molecular weight excluding hydrogens is 277 g/mol. The summed E-state index contributed by atoms with van der Waals surface area (Å²) in [6.07, 6.45) is -6.31. The van der Waals surface area contributed by atoms with E-state index in [0.29, 0.717) is 6.07 Å². The smallest absolute Gasteiger partial charge is 0.433 e. The zero-order valence-electron chi connectivity index (χ0n) is 11.0. The van der Waals surface area contributed by atoms with Crippen LogP contribution in [0, 0.1) is 0 Å². The highest BCUT2D eigenvalue weighted by atomic mass is 19.4. The van der Waals surface area contributed by atoms with Crippen molar-refractivity contribution in [2.75, 3.05) is 0 Å². The molecule has 0 saturated heterocycles. The van der Waals surface area contributed by atoms with E-state index in [1.54, 1.807) is 20.8 Å². The predicted octanol–water partition coefficient (Wildman–Crippen LogP) is 2.18. The SMILES string of the molecule is CC(C)(C)c1nc(C(N)=NC(=O)O)cc(C(F)(F)F)n1. The molecule has 6 nitrogen and oxygen atoms in total. The molecule has 0 radical (unpaired) electrons. The van der Waals surface area contributed by atoms with E-state index in [1.165, 1.54) is 0 Å². The quantitative estimate of drug-likeness (QED) is 0.609. The summed E-state index contributed by atoms with van der Waals surface area (Å²) in [5.41, 5.74) is 2.99. The largest absolute Gasteiger partial charge is 0.463 e. The van der Waals surface area contributed by atoms with Gasteiger partial charge in [0.15, 0.2) is 5.84 Å². The minimum Gasteiger partial charge on any atom is -0.463 e. The molecule has 0 bridgehead atoms. The standard InChI is InChI=1S/C11H13F3N4O2/c1-10(2,3)8-16-5(7(15)18-9(19)20)4-6(17-8)11(12,13)14/h4H,1-3H3,(H2,15,18)(H,19,20). The molecule has 1 heterocycles. The van der Waals surface area contributed by atoms with Crippen molar-refractivity contribution in [3.8, 4) is 0 Å². The molecule has 1 aromatic rings. The van der Waals surface area contributed by atoms with Crippen LogP contribution in [0.1, 0.15) is 38.0 Å². The summed E-state index contributed by atoms with van der Waals surface area (Å²) in [4.78, 5) is 20.6. The molecule has 1 rings (SSSR count). The fraction of sp³-hybridized carbons (Fsp3) is 0.455. The third kappa shape index (κ3) is 3.90. The molecule has 0 aliphatic rings. The van der Waals surface area contributed by atoms with Crippen molar-refractivity contribution in [1.29, 1.82) is 0 Å². The third-order valence-electron chi connectivity index (χ3n) is 2.17. The minimum atomic E-state index is -4.69. The summed E-state index contributed by atoms with van der Waals surface area (Å²) in [7, 11) is 0. The van der Waals surface area contributed by atoms with Gasteiger partial charge in [-0.05, 0) is 6.07 Å². The van der Waals surface area contributed by atoms with Gasteiger partial charge < -0.3 is 10.8 Å². The first kappa shape index (κ1) is 15.9. The van der Waals surface area contributed by atoms with Gasteiger partial charge in [-0.25, -0.2) is 14.8 Å². The van der Waals surface area contributed by atoms with Crippen LogP contribution in [0.5, 0.6) is 0 Å². The number of nitrogens with two attached hydrogens (primary N) is 1. The van der Waals surface area contributed by atoms with Gasteiger partial charge in [-0.3, -0.25) is 0 Å². The first-order valence-corrected chi connectivity index (χ1v) is 5.45. The van der Waals surface area contributed by atoms with Gasteiger partial charge in [-0.2, -0.15) is 18.2 Å². The second kappa shape index (κ2) is 5.06. The molecule has 0 saturated carbocycles. The van der Waals surface area contributed by atoms with Crippen LogP contribution in [0.25, 0.3) is 0 Å². The number of halogens is 3. The van der Waals surface area contributed by atoms with Gasteiger partial charge in [0.25, 0.3) is 0 Å². The van der Waals surface area contributed by atoms with Crippen LogP contribution in [0.2, 0.25) is 0 Å². The molecule has 20 heavy (non-hydrogen) atoms. The number of amidine groups is 1. The molecule has 110 valence electrons. The molecule has 1 amide bonds. The topological polar surface area (TPSA) is 101 Å². The number of alkyl halides is 3. The maximum Gasteiger partial charge on any atom is 0.433 e. The third-order valence-corrected chi connectivity index (χ3v) is 2.17. The van der Waals surface area contributed by atoms with E-state index in [9.17, 15) is 18.0 Å². The minimum absolute atomic E-state index is 0.106. The summed E-state index contributed by atoms with van der Waals surface area (Å²) >= 11 is 0. The molecule has 0 fully saturated rings. The Balaban J connectivity index is 3.50. The Morgan fingerprint density at radius 1 is 1.30 bits per heavy atom. The van der Waals surface area contributed by atoms with Crippen LogP contribution in [0.3, 0.4) is 0 Å². The number of carbonyl (C=O) groups is 1. The number of hydrogen-bond donors (Lipinski definition) is 2. The summed E-state index contributed by atoms with van der Waals surface area (Å²) in [6.45, 7) is 4.87. The van der Waals surface area contributed by atoms with Gasteiger partial charge in [0.1, 0.15) is 17.2 Å². The van der Waals surface area contributed by atoms with E-state index in [4.69, 9.17) is 10.8 Å². The first-order chi connectivity index (χ1) is 8.91. The normalized spacial score (nSPS) is 13.4. The van der Waals surface area contributed by atoms with Crippen molar-refractivity contribution in [2.45, 2.75) is 32.4 Å². The summed E-state index contributed by atoms with van der Waals surface area (Å²) < 4.78 is 38.3. The lowest BCUT2D eigenvalue weighted by Gasteiger charge is -2.19. The molecule has 0 aliphatic carbocycles.